The van der Waals surface area contributed by atoms with Crippen molar-refractivity contribution in [3.05, 3.63) is 59.4 Å². The number of fused-ring (bicyclic) bond motifs is 1. The van der Waals surface area contributed by atoms with Crippen LogP contribution in [0, 0.1) is 18.6 Å². The summed E-state index contributed by atoms with van der Waals surface area (Å²) in [5.41, 5.74) is 1.95. The molecule has 0 atom stereocenters. The van der Waals surface area contributed by atoms with Gasteiger partial charge >= 0.3 is 0 Å². The highest BCUT2D eigenvalue weighted by atomic mass is 35.5. The van der Waals surface area contributed by atoms with E-state index in [-0.39, 0.29) is 11.3 Å². The summed E-state index contributed by atoms with van der Waals surface area (Å²) >= 11 is 5.79. The third kappa shape index (κ3) is 2.40. The number of para-hydroxylation sites is 1. The Morgan fingerprint density at radius 3 is 2.67 bits per heavy atom. The number of alkyl halides is 1. The summed E-state index contributed by atoms with van der Waals surface area (Å²) in [7, 11) is 0. The van der Waals surface area contributed by atoms with Gasteiger partial charge in [-0.1, -0.05) is 12.1 Å². The molecule has 1 heterocycles. The SMILES string of the molecule is Cc1ccc(-n2c(CCCl)nc3c(F)cccc32)c(F)c1. The van der Waals surface area contributed by atoms with Crippen LogP contribution in [0.3, 0.4) is 0 Å². The van der Waals surface area contributed by atoms with Crippen LogP contribution in [0.15, 0.2) is 36.4 Å². The maximum atomic E-state index is 14.3. The summed E-state index contributed by atoms with van der Waals surface area (Å²) < 4.78 is 29.8. The number of hydrogen-bond donors (Lipinski definition) is 0. The third-order valence-electron chi connectivity index (χ3n) is 3.37. The van der Waals surface area contributed by atoms with Crippen molar-refractivity contribution >= 4 is 22.6 Å². The molecule has 108 valence electrons. The van der Waals surface area contributed by atoms with Gasteiger partial charge in [-0.3, -0.25) is 4.57 Å². The van der Waals surface area contributed by atoms with Crippen molar-refractivity contribution in [1.29, 1.82) is 0 Å². The van der Waals surface area contributed by atoms with E-state index in [0.717, 1.165) is 5.56 Å². The maximum Gasteiger partial charge on any atom is 0.151 e. The van der Waals surface area contributed by atoms with Crippen molar-refractivity contribution in [2.75, 3.05) is 5.88 Å². The smallest absolute Gasteiger partial charge is 0.151 e. The summed E-state index contributed by atoms with van der Waals surface area (Å²) in [6, 6.07) is 9.60. The molecule has 2 nitrogen and oxygen atoms in total. The minimum atomic E-state index is -0.422. The van der Waals surface area contributed by atoms with Gasteiger partial charge in [0.05, 0.1) is 11.2 Å². The predicted octanol–water partition coefficient (Wildman–Crippen LogP) is 4.39. The highest BCUT2D eigenvalue weighted by Gasteiger charge is 2.17. The van der Waals surface area contributed by atoms with Crippen molar-refractivity contribution in [3.63, 3.8) is 0 Å². The first-order valence-corrected chi connectivity index (χ1v) is 7.13. The molecule has 0 aliphatic heterocycles. The molecule has 2 aromatic carbocycles. The molecule has 21 heavy (non-hydrogen) atoms. The van der Waals surface area contributed by atoms with Gasteiger partial charge in [0, 0.05) is 12.3 Å². The second-order valence-electron chi connectivity index (χ2n) is 4.86. The molecule has 0 fully saturated rings. The van der Waals surface area contributed by atoms with E-state index < -0.39 is 5.82 Å². The van der Waals surface area contributed by atoms with Crippen LogP contribution in [0.5, 0.6) is 0 Å². The highest BCUT2D eigenvalue weighted by Crippen LogP contribution is 2.26. The number of aryl methyl sites for hydroxylation is 2. The number of benzene rings is 2. The Kier molecular flexibility index (Phi) is 3.64. The second kappa shape index (κ2) is 5.45. The summed E-state index contributed by atoms with van der Waals surface area (Å²) in [4.78, 5) is 4.28. The number of hydrogen-bond acceptors (Lipinski definition) is 1. The van der Waals surface area contributed by atoms with Crippen LogP contribution < -0.4 is 0 Å². The number of aromatic nitrogens is 2. The Labute approximate surface area is 126 Å². The Balaban J connectivity index is 2.33. The molecule has 3 aromatic rings. The van der Waals surface area contributed by atoms with Gasteiger partial charge in [-0.25, -0.2) is 13.8 Å². The largest absolute Gasteiger partial charge is 0.293 e. The first kappa shape index (κ1) is 14.0. The Morgan fingerprint density at radius 1 is 1.14 bits per heavy atom. The fraction of sp³-hybridized carbons (Fsp3) is 0.188. The van der Waals surface area contributed by atoms with Crippen LogP contribution in [0.4, 0.5) is 8.78 Å². The van der Waals surface area contributed by atoms with E-state index in [1.807, 2.05) is 13.0 Å². The maximum absolute atomic E-state index is 14.3. The molecule has 0 N–H and O–H groups in total. The first-order valence-electron chi connectivity index (χ1n) is 6.60. The average Bonchev–Trinajstić information content (AvgIpc) is 2.79. The van der Waals surface area contributed by atoms with E-state index in [2.05, 4.69) is 4.98 Å². The zero-order valence-corrected chi connectivity index (χ0v) is 12.2. The molecule has 0 saturated heterocycles. The predicted molar refractivity (Wildman–Crippen MR) is 80.1 cm³/mol. The number of rotatable bonds is 3. The zero-order valence-electron chi connectivity index (χ0n) is 11.4. The normalized spacial score (nSPS) is 11.2. The molecule has 0 amide bonds. The van der Waals surface area contributed by atoms with Crippen LogP contribution in [-0.2, 0) is 6.42 Å². The third-order valence-corrected chi connectivity index (χ3v) is 3.56. The molecule has 0 spiro atoms. The summed E-state index contributed by atoms with van der Waals surface area (Å²) in [6.45, 7) is 1.82. The van der Waals surface area contributed by atoms with Gasteiger partial charge in [-0.15, -0.1) is 11.6 Å². The molecule has 0 saturated carbocycles. The first-order chi connectivity index (χ1) is 10.1. The van der Waals surface area contributed by atoms with E-state index in [0.29, 0.717) is 29.3 Å². The van der Waals surface area contributed by atoms with E-state index in [4.69, 9.17) is 11.6 Å². The van der Waals surface area contributed by atoms with Crippen LogP contribution in [-0.4, -0.2) is 15.4 Å². The fourth-order valence-electron chi connectivity index (χ4n) is 2.43. The van der Waals surface area contributed by atoms with Gasteiger partial charge in [0.2, 0.25) is 0 Å². The van der Waals surface area contributed by atoms with Crippen LogP contribution in [0.2, 0.25) is 0 Å². The number of imidazole rings is 1. The summed E-state index contributed by atoms with van der Waals surface area (Å²) in [5, 5.41) is 0. The van der Waals surface area contributed by atoms with Crippen LogP contribution >= 0.6 is 11.6 Å². The van der Waals surface area contributed by atoms with E-state index in [1.54, 1.807) is 22.8 Å². The van der Waals surface area contributed by atoms with Gasteiger partial charge in [-0.2, -0.15) is 0 Å². The van der Waals surface area contributed by atoms with Crippen molar-refractivity contribution in [2.45, 2.75) is 13.3 Å². The van der Waals surface area contributed by atoms with Crippen molar-refractivity contribution in [1.82, 2.24) is 9.55 Å². The van der Waals surface area contributed by atoms with Gasteiger partial charge in [0.25, 0.3) is 0 Å². The monoisotopic (exact) mass is 306 g/mol. The lowest BCUT2D eigenvalue weighted by Gasteiger charge is -2.10. The van der Waals surface area contributed by atoms with Gasteiger partial charge in [0.15, 0.2) is 5.82 Å². The molecule has 0 radical (unpaired) electrons. The zero-order chi connectivity index (χ0) is 15.0. The Bertz CT molecular complexity index is 811. The molecular weight excluding hydrogens is 294 g/mol. The topological polar surface area (TPSA) is 17.8 Å². The van der Waals surface area contributed by atoms with Crippen molar-refractivity contribution in [3.8, 4) is 5.69 Å². The van der Waals surface area contributed by atoms with E-state index in [1.165, 1.54) is 12.1 Å². The molecule has 0 bridgehead atoms. The lowest BCUT2D eigenvalue weighted by molar-refractivity contribution is 0.616. The molecule has 0 aliphatic carbocycles. The number of nitrogens with zero attached hydrogens (tertiary/aromatic N) is 2. The fourth-order valence-corrected chi connectivity index (χ4v) is 2.60. The minimum absolute atomic E-state index is 0.234. The summed E-state index contributed by atoms with van der Waals surface area (Å²) in [6.07, 6.45) is 0.434. The van der Waals surface area contributed by atoms with Gasteiger partial charge in [-0.05, 0) is 36.8 Å². The van der Waals surface area contributed by atoms with Gasteiger partial charge in [0.1, 0.15) is 17.2 Å². The highest BCUT2D eigenvalue weighted by molar-refractivity contribution is 6.17. The molecule has 1 aromatic heterocycles. The van der Waals surface area contributed by atoms with Crippen molar-refractivity contribution in [2.24, 2.45) is 0 Å². The van der Waals surface area contributed by atoms with Crippen LogP contribution in [0.1, 0.15) is 11.4 Å². The molecule has 5 heteroatoms. The lowest BCUT2D eigenvalue weighted by Crippen LogP contribution is -2.04. The average molecular weight is 307 g/mol. The van der Waals surface area contributed by atoms with E-state index >= 15 is 0 Å². The Morgan fingerprint density at radius 2 is 1.95 bits per heavy atom. The summed E-state index contributed by atoms with van der Waals surface area (Å²) in [5.74, 6) is 0.0927. The number of halogens is 3. The van der Waals surface area contributed by atoms with E-state index in [9.17, 15) is 8.78 Å². The molecule has 3 rings (SSSR count). The molecular formula is C16H13ClF2N2. The Hall–Kier alpha value is -1.94. The van der Waals surface area contributed by atoms with Gasteiger partial charge < -0.3 is 0 Å². The van der Waals surface area contributed by atoms with Crippen molar-refractivity contribution < 1.29 is 8.78 Å². The van der Waals surface area contributed by atoms with Crippen LogP contribution in [0.25, 0.3) is 16.7 Å². The molecule has 0 aliphatic rings. The molecule has 0 unspecified atom stereocenters. The second-order valence-corrected chi connectivity index (χ2v) is 5.24. The lowest BCUT2D eigenvalue weighted by atomic mass is 10.2. The standard InChI is InChI=1S/C16H13ClF2N2/c1-10-5-6-13(12(19)9-10)21-14-4-2-3-11(18)16(14)20-15(21)7-8-17/h2-6,9H,7-8H2,1H3. The quantitative estimate of drug-likeness (QED) is 0.656. The minimum Gasteiger partial charge on any atom is -0.293 e.